The smallest absolute Gasteiger partial charge is 0.433 e. The third-order valence-corrected chi connectivity index (χ3v) is 6.15. The highest BCUT2D eigenvalue weighted by Gasteiger charge is 2.32. The quantitative estimate of drug-likeness (QED) is 0.511. The van der Waals surface area contributed by atoms with Gasteiger partial charge in [-0.05, 0) is 24.3 Å². The van der Waals surface area contributed by atoms with Crippen LogP contribution in [-0.2, 0) is 21.0 Å². The molecule has 0 aliphatic carbocycles. The minimum atomic E-state index is -4.62. The molecule has 0 radical (unpaired) electrons. The lowest BCUT2D eigenvalue weighted by Gasteiger charge is -2.15. The number of ether oxygens (including phenoxy) is 1. The Labute approximate surface area is 169 Å². The third-order valence-electron chi connectivity index (χ3n) is 3.48. The molecular weight excluding hydrogens is 433 g/mol. The van der Waals surface area contributed by atoms with Crippen molar-refractivity contribution in [2.45, 2.75) is 16.2 Å². The summed E-state index contributed by atoms with van der Waals surface area (Å²) in [6.45, 7) is 0. The van der Waals surface area contributed by atoms with Gasteiger partial charge in [-0.15, -0.1) is 0 Å². The number of carbonyl (C=O) groups is 1. The Morgan fingerprint density at radius 1 is 1.28 bits per heavy atom. The van der Waals surface area contributed by atoms with Crippen molar-refractivity contribution in [3.63, 3.8) is 0 Å². The second-order valence-electron chi connectivity index (χ2n) is 5.71. The molecule has 29 heavy (non-hydrogen) atoms. The zero-order chi connectivity index (χ0) is 21.8. The van der Waals surface area contributed by atoms with Crippen LogP contribution in [0.5, 0.6) is 5.75 Å². The molecule has 0 bridgehead atoms. The van der Waals surface area contributed by atoms with Crippen LogP contribution in [0.25, 0.3) is 0 Å². The fourth-order valence-corrected chi connectivity index (χ4v) is 3.60. The summed E-state index contributed by atoms with van der Waals surface area (Å²) in [4.78, 5) is 19.2. The Bertz CT molecular complexity index is 998. The SMILES string of the molecule is COc1ccc(S(=O)(=O)N(C)C)cc1NC(=O)CSc1nccc(C(F)(F)F)n1. The van der Waals surface area contributed by atoms with Gasteiger partial charge in [0, 0.05) is 20.3 Å². The highest BCUT2D eigenvalue weighted by atomic mass is 32.2. The van der Waals surface area contributed by atoms with E-state index in [9.17, 15) is 26.4 Å². The maximum Gasteiger partial charge on any atom is 0.433 e. The van der Waals surface area contributed by atoms with Gasteiger partial charge in [-0.25, -0.2) is 22.7 Å². The molecule has 0 atom stereocenters. The van der Waals surface area contributed by atoms with E-state index < -0.39 is 27.8 Å². The zero-order valence-corrected chi connectivity index (χ0v) is 17.2. The second-order valence-corrected chi connectivity index (χ2v) is 8.80. The van der Waals surface area contributed by atoms with E-state index in [1.165, 1.54) is 39.4 Å². The Kier molecular flexibility index (Phi) is 7.08. The first-order valence-corrected chi connectivity index (χ1v) is 10.3. The standard InChI is InChI=1S/C16H17F3N4O4S2/c1-23(2)29(25,26)10-4-5-12(27-3)11(8-10)21-14(24)9-28-15-20-7-6-13(22-15)16(17,18)19/h4-8H,9H2,1-3H3,(H,21,24). The largest absolute Gasteiger partial charge is 0.495 e. The molecule has 0 saturated heterocycles. The Hall–Kier alpha value is -2.38. The van der Waals surface area contributed by atoms with Gasteiger partial charge in [-0.1, -0.05) is 11.8 Å². The first kappa shape index (κ1) is 22.9. The molecule has 0 unspecified atom stereocenters. The first-order valence-electron chi connectivity index (χ1n) is 7.88. The van der Waals surface area contributed by atoms with Gasteiger partial charge in [0.15, 0.2) is 5.16 Å². The highest BCUT2D eigenvalue weighted by Crippen LogP contribution is 2.30. The Balaban J connectivity index is 2.14. The number of rotatable bonds is 7. The third kappa shape index (κ3) is 5.81. The topological polar surface area (TPSA) is 101 Å². The van der Waals surface area contributed by atoms with E-state index in [-0.39, 0.29) is 27.2 Å². The predicted octanol–water partition coefficient (Wildman–Crippen LogP) is 2.49. The maximum atomic E-state index is 12.7. The van der Waals surface area contributed by atoms with Gasteiger partial charge in [0.2, 0.25) is 15.9 Å². The molecule has 0 fully saturated rings. The molecule has 0 saturated carbocycles. The van der Waals surface area contributed by atoms with E-state index >= 15 is 0 Å². The lowest BCUT2D eigenvalue weighted by atomic mass is 10.3. The lowest BCUT2D eigenvalue weighted by molar-refractivity contribution is -0.141. The van der Waals surface area contributed by atoms with E-state index in [0.717, 1.165) is 16.6 Å². The number of anilines is 1. The number of thioether (sulfide) groups is 1. The van der Waals surface area contributed by atoms with Crippen LogP contribution in [0, 0.1) is 0 Å². The van der Waals surface area contributed by atoms with Gasteiger partial charge in [0.05, 0.1) is 23.4 Å². The van der Waals surface area contributed by atoms with Gasteiger partial charge in [0.1, 0.15) is 11.4 Å². The van der Waals surface area contributed by atoms with Crippen LogP contribution in [0.3, 0.4) is 0 Å². The summed E-state index contributed by atoms with van der Waals surface area (Å²) in [6, 6.07) is 4.67. The predicted molar refractivity (Wildman–Crippen MR) is 100 cm³/mol. The van der Waals surface area contributed by atoms with Crippen molar-refractivity contribution in [3.05, 3.63) is 36.2 Å². The van der Waals surface area contributed by atoms with Crippen LogP contribution in [0.1, 0.15) is 5.69 Å². The van der Waals surface area contributed by atoms with Crippen molar-refractivity contribution < 1.29 is 31.1 Å². The highest BCUT2D eigenvalue weighted by molar-refractivity contribution is 7.99. The van der Waals surface area contributed by atoms with Gasteiger partial charge in [-0.3, -0.25) is 4.79 Å². The number of nitrogens with one attached hydrogen (secondary N) is 1. The molecule has 2 rings (SSSR count). The number of carbonyl (C=O) groups excluding carboxylic acids is 1. The van der Waals surface area contributed by atoms with Crippen LogP contribution in [0.4, 0.5) is 18.9 Å². The fraction of sp³-hybridized carbons (Fsp3) is 0.312. The molecule has 13 heteroatoms. The molecule has 1 heterocycles. The summed E-state index contributed by atoms with van der Waals surface area (Å²) < 4.78 is 68.7. The number of aromatic nitrogens is 2. The van der Waals surface area contributed by atoms with E-state index in [1.807, 2.05) is 0 Å². The number of benzene rings is 1. The molecule has 0 aliphatic rings. The second kappa shape index (κ2) is 8.97. The van der Waals surface area contributed by atoms with Crippen LogP contribution < -0.4 is 10.1 Å². The van der Waals surface area contributed by atoms with Crippen molar-refractivity contribution >= 4 is 33.4 Å². The Morgan fingerprint density at radius 2 is 1.97 bits per heavy atom. The number of hydrogen-bond acceptors (Lipinski definition) is 7. The van der Waals surface area contributed by atoms with Crippen molar-refractivity contribution in [2.24, 2.45) is 0 Å². The molecule has 2 aromatic rings. The number of halogens is 3. The maximum absolute atomic E-state index is 12.7. The van der Waals surface area contributed by atoms with Gasteiger partial charge >= 0.3 is 6.18 Å². The number of hydrogen-bond donors (Lipinski definition) is 1. The lowest BCUT2D eigenvalue weighted by Crippen LogP contribution is -2.22. The summed E-state index contributed by atoms with van der Waals surface area (Å²) >= 11 is 0.705. The molecule has 1 N–H and O–H groups in total. The van der Waals surface area contributed by atoms with Crippen molar-refractivity contribution in [3.8, 4) is 5.75 Å². The van der Waals surface area contributed by atoms with Gasteiger partial charge < -0.3 is 10.1 Å². The van der Waals surface area contributed by atoms with Crippen molar-refractivity contribution in [1.82, 2.24) is 14.3 Å². The van der Waals surface area contributed by atoms with Gasteiger partial charge in [0.25, 0.3) is 0 Å². The normalized spacial score (nSPS) is 12.1. The molecule has 0 spiro atoms. The van der Waals surface area contributed by atoms with Crippen LogP contribution in [0.15, 0.2) is 40.5 Å². The molecule has 8 nitrogen and oxygen atoms in total. The minimum Gasteiger partial charge on any atom is -0.495 e. The van der Waals surface area contributed by atoms with E-state index in [1.54, 1.807) is 0 Å². The van der Waals surface area contributed by atoms with E-state index in [4.69, 9.17) is 4.74 Å². The first-order chi connectivity index (χ1) is 13.4. The zero-order valence-electron chi connectivity index (χ0n) is 15.5. The van der Waals surface area contributed by atoms with Crippen LogP contribution in [-0.4, -0.2) is 55.6 Å². The van der Waals surface area contributed by atoms with Crippen LogP contribution >= 0.6 is 11.8 Å². The molecule has 0 aliphatic heterocycles. The molecule has 158 valence electrons. The van der Waals surface area contributed by atoms with Crippen molar-refractivity contribution in [2.75, 3.05) is 32.3 Å². The average Bonchev–Trinajstić information content (AvgIpc) is 2.65. The monoisotopic (exact) mass is 450 g/mol. The molecule has 1 amide bonds. The van der Waals surface area contributed by atoms with Crippen LogP contribution in [0.2, 0.25) is 0 Å². The van der Waals surface area contributed by atoms with E-state index in [0.29, 0.717) is 11.8 Å². The summed E-state index contributed by atoms with van der Waals surface area (Å²) in [5.41, 5.74) is -1.01. The average molecular weight is 450 g/mol. The summed E-state index contributed by atoms with van der Waals surface area (Å²) in [5, 5.41) is 2.27. The Morgan fingerprint density at radius 3 is 2.55 bits per heavy atom. The number of amides is 1. The summed E-state index contributed by atoms with van der Waals surface area (Å²) in [6.07, 6.45) is -3.67. The molecular formula is C16H17F3N4O4S2. The van der Waals surface area contributed by atoms with Crippen molar-refractivity contribution in [1.29, 1.82) is 0 Å². The summed E-state index contributed by atoms with van der Waals surface area (Å²) in [5.74, 6) is -0.681. The summed E-state index contributed by atoms with van der Waals surface area (Å²) in [7, 11) is 0.333. The number of methoxy groups -OCH3 is 1. The number of sulfonamides is 1. The van der Waals surface area contributed by atoms with E-state index in [2.05, 4.69) is 15.3 Å². The van der Waals surface area contributed by atoms with Gasteiger partial charge in [-0.2, -0.15) is 13.2 Å². The number of alkyl halides is 3. The fourth-order valence-electron chi connectivity index (χ4n) is 2.04. The molecule has 1 aromatic heterocycles. The molecule has 1 aromatic carbocycles. The minimum absolute atomic E-state index is 0.0625. The number of nitrogens with zero attached hydrogens (tertiary/aromatic N) is 3.